The van der Waals surface area contributed by atoms with Gasteiger partial charge in [-0.2, -0.15) is 0 Å². The predicted molar refractivity (Wildman–Crippen MR) is 104 cm³/mol. The molecule has 0 unspecified atom stereocenters. The fourth-order valence-corrected chi connectivity index (χ4v) is 3.56. The molecule has 0 saturated carbocycles. The van der Waals surface area contributed by atoms with Gasteiger partial charge in [-0.25, -0.2) is 4.98 Å². The Kier molecular flexibility index (Phi) is 4.36. The number of carbonyl (C=O) groups excluding carboxylic acids is 1. The Morgan fingerprint density at radius 2 is 1.88 bits per heavy atom. The van der Waals surface area contributed by atoms with Gasteiger partial charge in [0.15, 0.2) is 4.96 Å². The molecule has 0 atom stereocenters. The number of hydrogen-bond acceptors (Lipinski definition) is 4. The summed E-state index contributed by atoms with van der Waals surface area (Å²) in [5, 5.41) is 5.29. The highest BCUT2D eigenvalue weighted by Crippen LogP contribution is 2.26. The summed E-state index contributed by atoms with van der Waals surface area (Å²) in [4.78, 5) is 18.0. The molecule has 0 bridgehead atoms. The summed E-state index contributed by atoms with van der Waals surface area (Å²) in [5.74, 6) is 0.593. The van der Waals surface area contributed by atoms with E-state index in [1.807, 2.05) is 30.5 Å². The highest BCUT2D eigenvalue weighted by molar-refractivity contribution is 7.15. The summed E-state index contributed by atoms with van der Waals surface area (Å²) in [7, 11) is 1.63. The van der Waals surface area contributed by atoms with E-state index >= 15 is 0 Å². The van der Waals surface area contributed by atoms with Crippen LogP contribution in [0.1, 0.15) is 10.5 Å². The number of nitrogens with zero attached hydrogens (tertiary/aromatic N) is 2. The zero-order valence-electron chi connectivity index (χ0n) is 13.8. The molecule has 5 nitrogen and oxygen atoms in total. The molecule has 4 aromatic rings. The summed E-state index contributed by atoms with van der Waals surface area (Å²) < 4.78 is 6.98. The number of hydrogen-bond donors (Lipinski definition) is 1. The number of benzene rings is 2. The summed E-state index contributed by atoms with van der Waals surface area (Å²) in [5.41, 5.74) is 2.99. The molecule has 2 aromatic carbocycles. The standard InChI is InChI=1S/C19H14ClN3O2S/c1-25-15-8-2-12(3-9-15)16-10-23-17(11-26-19(23)22-16)18(24)21-14-6-4-13(20)5-7-14/h2-11H,1H3,(H,21,24). The van der Waals surface area contributed by atoms with Crippen molar-refractivity contribution >= 4 is 39.5 Å². The van der Waals surface area contributed by atoms with E-state index in [9.17, 15) is 4.79 Å². The lowest BCUT2D eigenvalue weighted by atomic mass is 10.2. The summed E-state index contributed by atoms with van der Waals surface area (Å²) in [6.07, 6.45) is 1.87. The van der Waals surface area contributed by atoms with E-state index in [0.717, 1.165) is 22.0 Å². The normalized spacial score (nSPS) is 10.8. The van der Waals surface area contributed by atoms with Crippen molar-refractivity contribution < 1.29 is 9.53 Å². The van der Waals surface area contributed by atoms with Crippen LogP contribution in [-0.4, -0.2) is 22.4 Å². The van der Waals surface area contributed by atoms with E-state index in [2.05, 4.69) is 10.3 Å². The Hall–Kier alpha value is -2.83. The van der Waals surface area contributed by atoms with Crippen molar-refractivity contribution in [1.29, 1.82) is 0 Å². The number of methoxy groups -OCH3 is 1. The fraction of sp³-hybridized carbons (Fsp3) is 0.0526. The molecule has 2 aromatic heterocycles. The maximum atomic E-state index is 12.6. The number of carbonyl (C=O) groups is 1. The molecular formula is C19H14ClN3O2S. The van der Waals surface area contributed by atoms with Gasteiger partial charge in [-0.05, 0) is 48.5 Å². The third-order valence-electron chi connectivity index (χ3n) is 3.93. The molecule has 4 rings (SSSR count). The van der Waals surface area contributed by atoms with Gasteiger partial charge in [0.05, 0.1) is 12.8 Å². The lowest BCUT2D eigenvalue weighted by Gasteiger charge is -2.04. The van der Waals surface area contributed by atoms with Gasteiger partial charge in [-0.1, -0.05) is 11.6 Å². The molecule has 26 heavy (non-hydrogen) atoms. The smallest absolute Gasteiger partial charge is 0.273 e. The Labute approximate surface area is 158 Å². The molecule has 1 amide bonds. The number of aromatic nitrogens is 2. The molecule has 0 fully saturated rings. The number of halogens is 1. The van der Waals surface area contributed by atoms with Crippen LogP contribution in [0.3, 0.4) is 0 Å². The third kappa shape index (κ3) is 3.16. The Morgan fingerprint density at radius 1 is 1.15 bits per heavy atom. The average Bonchev–Trinajstić information content (AvgIpc) is 3.24. The minimum Gasteiger partial charge on any atom is -0.497 e. The molecule has 0 saturated heterocycles. The van der Waals surface area contributed by atoms with Crippen LogP contribution in [0.4, 0.5) is 5.69 Å². The number of anilines is 1. The van der Waals surface area contributed by atoms with Gasteiger partial charge in [-0.3, -0.25) is 9.20 Å². The van der Waals surface area contributed by atoms with E-state index in [1.54, 1.807) is 41.2 Å². The van der Waals surface area contributed by atoms with Crippen molar-refractivity contribution in [3.63, 3.8) is 0 Å². The van der Waals surface area contributed by atoms with E-state index in [0.29, 0.717) is 16.4 Å². The highest BCUT2D eigenvalue weighted by atomic mass is 35.5. The first kappa shape index (κ1) is 16.6. The maximum absolute atomic E-state index is 12.6. The number of fused-ring (bicyclic) bond motifs is 1. The summed E-state index contributed by atoms with van der Waals surface area (Å²) in [6, 6.07) is 14.7. The van der Waals surface area contributed by atoms with Gasteiger partial charge in [0, 0.05) is 27.9 Å². The molecule has 0 aliphatic rings. The van der Waals surface area contributed by atoms with Crippen molar-refractivity contribution in [3.8, 4) is 17.0 Å². The van der Waals surface area contributed by atoms with Gasteiger partial charge in [0.25, 0.3) is 5.91 Å². The molecular weight excluding hydrogens is 370 g/mol. The number of thiazole rings is 1. The number of imidazole rings is 1. The summed E-state index contributed by atoms with van der Waals surface area (Å²) in [6.45, 7) is 0. The van der Waals surface area contributed by atoms with Crippen LogP contribution in [0.15, 0.2) is 60.1 Å². The number of nitrogens with one attached hydrogen (secondary N) is 1. The average molecular weight is 384 g/mol. The predicted octanol–water partition coefficient (Wildman–Crippen LogP) is 4.98. The molecule has 0 aliphatic heterocycles. The van der Waals surface area contributed by atoms with Gasteiger partial charge >= 0.3 is 0 Å². The second-order valence-corrected chi connectivity index (χ2v) is 6.86. The van der Waals surface area contributed by atoms with Crippen LogP contribution in [0, 0.1) is 0 Å². The molecule has 0 radical (unpaired) electrons. The third-order valence-corrected chi connectivity index (χ3v) is 5.02. The van der Waals surface area contributed by atoms with Crippen LogP contribution >= 0.6 is 22.9 Å². The number of ether oxygens (including phenoxy) is 1. The van der Waals surface area contributed by atoms with Gasteiger partial charge in [0.2, 0.25) is 0 Å². The van der Waals surface area contributed by atoms with E-state index in [4.69, 9.17) is 16.3 Å². The van der Waals surface area contributed by atoms with E-state index < -0.39 is 0 Å². The van der Waals surface area contributed by atoms with Crippen LogP contribution in [0.5, 0.6) is 5.75 Å². The minimum atomic E-state index is -0.197. The lowest BCUT2D eigenvalue weighted by Crippen LogP contribution is -2.13. The quantitative estimate of drug-likeness (QED) is 0.541. The SMILES string of the molecule is COc1ccc(-c2cn3c(C(=O)Nc4ccc(Cl)cc4)csc3n2)cc1. The summed E-state index contributed by atoms with van der Waals surface area (Å²) >= 11 is 7.30. The first-order chi connectivity index (χ1) is 12.6. The highest BCUT2D eigenvalue weighted by Gasteiger charge is 2.15. The number of amides is 1. The topological polar surface area (TPSA) is 55.6 Å². The molecule has 1 N–H and O–H groups in total. The zero-order valence-corrected chi connectivity index (χ0v) is 15.3. The van der Waals surface area contributed by atoms with Crippen LogP contribution < -0.4 is 10.1 Å². The fourth-order valence-electron chi connectivity index (χ4n) is 2.58. The van der Waals surface area contributed by atoms with Crippen molar-refractivity contribution in [2.24, 2.45) is 0 Å². The second-order valence-electron chi connectivity index (χ2n) is 5.59. The Bertz CT molecular complexity index is 1070. The van der Waals surface area contributed by atoms with Crippen LogP contribution in [0.25, 0.3) is 16.2 Å². The first-order valence-electron chi connectivity index (χ1n) is 7.82. The van der Waals surface area contributed by atoms with Gasteiger partial charge < -0.3 is 10.1 Å². The van der Waals surface area contributed by atoms with Gasteiger partial charge in [0.1, 0.15) is 11.4 Å². The Balaban J connectivity index is 1.62. The molecule has 7 heteroatoms. The van der Waals surface area contributed by atoms with E-state index in [1.165, 1.54) is 11.3 Å². The van der Waals surface area contributed by atoms with Crippen molar-refractivity contribution in [2.45, 2.75) is 0 Å². The lowest BCUT2D eigenvalue weighted by molar-refractivity contribution is 0.102. The maximum Gasteiger partial charge on any atom is 0.273 e. The molecule has 0 aliphatic carbocycles. The molecule has 2 heterocycles. The van der Waals surface area contributed by atoms with Crippen molar-refractivity contribution in [2.75, 3.05) is 12.4 Å². The van der Waals surface area contributed by atoms with Gasteiger partial charge in [-0.15, -0.1) is 11.3 Å². The van der Waals surface area contributed by atoms with Crippen molar-refractivity contribution in [3.05, 3.63) is 70.8 Å². The van der Waals surface area contributed by atoms with E-state index in [-0.39, 0.29) is 5.91 Å². The Morgan fingerprint density at radius 3 is 2.58 bits per heavy atom. The first-order valence-corrected chi connectivity index (χ1v) is 9.08. The molecule has 130 valence electrons. The second kappa shape index (κ2) is 6.82. The monoisotopic (exact) mass is 383 g/mol. The zero-order chi connectivity index (χ0) is 18.1. The largest absolute Gasteiger partial charge is 0.497 e. The van der Waals surface area contributed by atoms with Crippen LogP contribution in [-0.2, 0) is 0 Å². The van der Waals surface area contributed by atoms with Crippen LogP contribution in [0.2, 0.25) is 5.02 Å². The number of rotatable bonds is 4. The van der Waals surface area contributed by atoms with Crippen molar-refractivity contribution in [1.82, 2.24) is 9.38 Å². The molecule has 0 spiro atoms. The minimum absolute atomic E-state index is 0.197.